The molecular formula is C16H30Cl2. The topological polar surface area (TPSA) is 0 Å². The van der Waals surface area contributed by atoms with Crippen LogP contribution in [-0.4, -0.2) is 9.75 Å². The summed E-state index contributed by atoms with van der Waals surface area (Å²) in [4.78, 5) is -0.326. The maximum Gasteiger partial charge on any atom is 0.0398 e. The Hall–Kier alpha value is 0.320. The summed E-state index contributed by atoms with van der Waals surface area (Å²) < 4.78 is 0. The van der Waals surface area contributed by atoms with Crippen molar-refractivity contribution in [2.24, 2.45) is 10.8 Å². The van der Waals surface area contributed by atoms with Crippen LogP contribution in [0.3, 0.4) is 0 Å². The van der Waals surface area contributed by atoms with Crippen LogP contribution in [0.15, 0.2) is 12.2 Å². The highest BCUT2D eigenvalue weighted by Gasteiger charge is 2.28. The predicted molar refractivity (Wildman–Crippen MR) is 85.8 cm³/mol. The Labute approximate surface area is 124 Å². The van der Waals surface area contributed by atoms with Gasteiger partial charge in [0.2, 0.25) is 0 Å². The summed E-state index contributed by atoms with van der Waals surface area (Å²) in [6.45, 7) is 17.2. The van der Waals surface area contributed by atoms with E-state index in [1.165, 1.54) is 0 Å². The van der Waals surface area contributed by atoms with Gasteiger partial charge >= 0.3 is 0 Å². The van der Waals surface area contributed by atoms with Crippen molar-refractivity contribution in [1.29, 1.82) is 0 Å². The molecule has 0 fully saturated rings. The SMILES string of the molecule is CC(C)(Cl)CC(C)(C)C=CC(C)(C)CC(C)(C)Cl. The van der Waals surface area contributed by atoms with E-state index in [1.807, 2.05) is 0 Å². The second kappa shape index (κ2) is 5.75. The number of halogens is 2. The lowest BCUT2D eigenvalue weighted by Crippen LogP contribution is -2.24. The van der Waals surface area contributed by atoms with E-state index in [1.54, 1.807) is 0 Å². The molecule has 108 valence electrons. The molecule has 0 aromatic heterocycles. The molecule has 0 aromatic carbocycles. The molecule has 0 nitrogen and oxygen atoms in total. The normalized spacial score (nSPS) is 15.4. The maximum atomic E-state index is 6.32. The molecule has 0 spiro atoms. The highest BCUT2D eigenvalue weighted by molar-refractivity contribution is 6.23. The van der Waals surface area contributed by atoms with E-state index >= 15 is 0 Å². The Kier molecular flexibility index (Phi) is 5.85. The lowest BCUT2D eigenvalue weighted by molar-refractivity contribution is 0.357. The molecule has 0 atom stereocenters. The van der Waals surface area contributed by atoms with E-state index < -0.39 is 0 Å². The summed E-state index contributed by atoms with van der Waals surface area (Å²) >= 11 is 12.6. The van der Waals surface area contributed by atoms with Gasteiger partial charge in [0.1, 0.15) is 0 Å². The predicted octanol–water partition coefficient (Wildman–Crippen LogP) is 6.41. The summed E-state index contributed by atoms with van der Waals surface area (Å²) in [7, 11) is 0. The molecule has 0 aliphatic carbocycles. The Morgan fingerprint density at radius 2 is 0.833 bits per heavy atom. The van der Waals surface area contributed by atoms with Gasteiger partial charge in [0.25, 0.3) is 0 Å². The molecule has 0 unspecified atom stereocenters. The monoisotopic (exact) mass is 292 g/mol. The zero-order chi connectivity index (χ0) is 14.8. The van der Waals surface area contributed by atoms with E-state index in [0.29, 0.717) is 0 Å². The Balaban J connectivity index is 4.71. The van der Waals surface area contributed by atoms with Gasteiger partial charge in [-0.2, -0.15) is 0 Å². The van der Waals surface area contributed by atoms with Crippen LogP contribution in [0.2, 0.25) is 0 Å². The molecule has 0 bridgehead atoms. The van der Waals surface area contributed by atoms with E-state index in [4.69, 9.17) is 23.2 Å². The molecule has 0 aliphatic rings. The van der Waals surface area contributed by atoms with Crippen LogP contribution in [0.1, 0.15) is 68.2 Å². The molecule has 0 radical (unpaired) electrons. The Morgan fingerprint density at radius 1 is 0.611 bits per heavy atom. The summed E-state index contributed by atoms with van der Waals surface area (Å²) in [6.07, 6.45) is 6.50. The van der Waals surface area contributed by atoms with Crippen molar-refractivity contribution in [3.63, 3.8) is 0 Å². The van der Waals surface area contributed by atoms with Gasteiger partial charge in [-0.25, -0.2) is 0 Å². The van der Waals surface area contributed by atoms with E-state index in [-0.39, 0.29) is 20.6 Å². The molecule has 0 aliphatic heterocycles. The zero-order valence-corrected chi connectivity index (χ0v) is 14.8. The van der Waals surface area contributed by atoms with Crippen molar-refractivity contribution in [2.75, 3.05) is 0 Å². The number of rotatable bonds is 6. The fraction of sp³-hybridized carbons (Fsp3) is 0.875. The molecule has 0 N–H and O–H groups in total. The van der Waals surface area contributed by atoms with Crippen LogP contribution >= 0.6 is 23.2 Å². The first-order chi connectivity index (χ1) is 7.62. The van der Waals surface area contributed by atoms with Crippen LogP contribution in [0.25, 0.3) is 0 Å². The lowest BCUT2D eigenvalue weighted by atomic mass is 9.78. The first-order valence-corrected chi connectivity index (χ1v) is 7.46. The summed E-state index contributed by atoms with van der Waals surface area (Å²) in [5.41, 5.74) is 0.220. The van der Waals surface area contributed by atoms with Crippen LogP contribution in [0, 0.1) is 10.8 Å². The number of alkyl halides is 2. The molecule has 0 saturated carbocycles. The van der Waals surface area contributed by atoms with Crippen molar-refractivity contribution in [3.05, 3.63) is 12.2 Å². The van der Waals surface area contributed by atoms with Crippen molar-refractivity contribution in [1.82, 2.24) is 0 Å². The van der Waals surface area contributed by atoms with Crippen LogP contribution < -0.4 is 0 Å². The fourth-order valence-corrected chi connectivity index (χ4v) is 3.42. The minimum absolute atomic E-state index is 0.110. The third-order valence-corrected chi connectivity index (χ3v) is 3.00. The smallest absolute Gasteiger partial charge is 0.0398 e. The van der Waals surface area contributed by atoms with E-state index in [0.717, 1.165) is 12.8 Å². The van der Waals surface area contributed by atoms with Gasteiger partial charge in [-0.1, -0.05) is 39.8 Å². The average molecular weight is 293 g/mol. The average Bonchev–Trinajstić information content (AvgIpc) is 1.91. The van der Waals surface area contributed by atoms with E-state index in [9.17, 15) is 0 Å². The van der Waals surface area contributed by atoms with Crippen molar-refractivity contribution >= 4 is 23.2 Å². The minimum Gasteiger partial charge on any atom is -0.120 e. The third kappa shape index (κ3) is 10.3. The van der Waals surface area contributed by atoms with Crippen molar-refractivity contribution in [2.45, 2.75) is 78.0 Å². The molecule has 0 saturated heterocycles. The van der Waals surface area contributed by atoms with E-state index in [2.05, 4.69) is 67.5 Å². The van der Waals surface area contributed by atoms with Crippen molar-refractivity contribution < 1.29 is 0 Å². The second-order valence-corrected chi connectivity index (χ2v) is 10.1. The zero-order valence-electron chi connectivity index (χ0n) is 13.3. The largest absolute Gasteiger partial charge is 0.120 e. The van der Waals surface area contributed by atoms with Gasteiger partial charge in [-0.05, 0) is 51.4 Å². The first kappa shape index (κ1) is 18.3. The lowest BCUT2D eigenvalue weighted by Gasteiger charge is -2.32. The standard InChI is InChI=1S/C16H30Cl2/c1-13(2,11-15(5,6)17)9-10-14(3,4)12-16(7,8)18/h9-10H,11-12H2,1-8H3. The minimum atomic E-state index is -0.163. The van der Waals surface area contributed by atoms with Crippen LogP contribution in [-0.2, 0) is 0 Å². The second-order valence-electron chi connectivity index (χ2n) is 8.10. The Morgan fingerprint density at radius 3 is 1.00 bits per heavy atom. The highest BCUT2D eigenvalue weighted by Crippen LogP contribution is 2.37. The third-order valence-electron chi connectivity index (χ3n) is 2.74. The van der Waals surface area contributed by atoms with Gasteiger partial charge in [-0.15, -0.1) is 23.2 Å². The van der Waals surface area contributed by atoms with Gasteiger partial charge in [-0.3, -0.25) is 0 Å². The van der Waals surface area contributed by atoms with Gasteiger partial charge < -0.3 is 0 Å². The summed E-state index contributed by atoms with van der Waals surface area (Å²) in [5, 5.41) is 0. The van der Waals surface area contributed by atoms with Gasteiger partial charge in [0.05, 0.1) is 0 Å². The number of allylic oxidation sites excluding steroid dienone is 2. The van der Waals surface area contributed by atoms with Crippen molar-refractivity contribution in [3.8, 4) is 0 Å². The quantitative estimate of drug-likeness (QED) is 0.392. The first-order valence-electron chi connectivity index (χ1n) is 6.70. The maximum absolute atomic E-state index is 6.32. The van der Waals surface area contributed by atoms with Gasteiger partial charge in [0.15, 0.2) is 0 Å². The Bertz CT molecular complexity index is 255. The molecule has 0 heterocycles. The molecule has 0 aromatic rings. The molecule has 0 rings (SSSR count). The summed E-state index contributed by atoms with van der Waals surface area (Å²) in [5.74, 6) is 0. The van der Waals surface area contributed by atoms with Crippen LogP contribution in [0.5, 0.6) is 0 Å². The molecular weight excluding hydrogens is 263 g/mol. The van der Waals surface area contributed by atoms with Crippen LogP contribution in [0.4, 0.5) is 0 Å². The molecule has 0 amide bonds. The van der Waals surface area contributed by atoms with Gasteiger partial charge in [0, 0.05) is 9.75 Å². The summed E-state index contributed by atoms with van der Waals surface area (Å²) in [6, 6.07) is 0. The molecule has 2 heteroatoms. The number of hydrogen-bond donors (Lipinski definition) is 0. The number of hydrogen-bond acceptors (Lipinski definition) is 0. The fourth-order valence-electron chi connectivity index (χ4n) is 2.74. The highest BCUT2D eigenvalue weighted by atomic mass is 35.5. The molecule has 18 heavy (non-hydrogen) atoms.